The Morgan fingerprint density at radius 2 is 1.74 bits per heavy atom. The highest BCUT2D eigenvalue weighted by molar-refractivity contribution is 9.10. The van der Waals surface area contributed by atoms with Gasteiger partial charge >= 0.3 is 5.97 Å². The number of anilines is 1. The number of carbonyl (C=O) groups excluding carboxylic acids is 1. The summed E-state index contributed by atoms with van der Waals surface area (Å²) in [5.74, 6) is -1.27. The predicted molar refractivity (Wildman–Crippen MR) is 128 cm³/mol. The van der Waals surface area contributed by atoms with Crippen LogP contribution in [0.1, 0.15) is 21.5 Å². The summed E-state index contributed by atoms with van der Waals surface area (Å²) in [7, 11) is 1.44. The van der Waals surface area contributed by atoms with Gasteiger partial charge in [0, 0.05) is 10.2 Å². The first kappa shape index (κ1) is 24.5. The fourth-order valence-electron chi connectivity index (χ4n) is 2.94. The molecule has 3 aromatic rings. The first-order chi connectivity index (χ1) is 16.3. The van der Waals surface area contributed by atoms with Crippen LogP contribution in [0.15, 0.2) is 65.1 Å². The molecule has 0 aliphatic heterocycles. The molecule has 2 N–H and O–H groups in total. The predicted octanol–water partition coefficient (Wildman–Crippen LogP) is 5.38. The van der Waals surface area contributed by atoms with Gasteiger partial charge in [0.1, 0.15) is 5.82 Å². The molecule has 0 aliphatic carbocycles. The van der Waals surface area contributed by atoms with Gasteiger partial charge in [0.15, 0.2) is 18.1 Å². The van der Waals surface area contributed by atoms with Gasteiger partial charge in [-0.2, -0.15) is 5.26 Å². The summed E-state index contributed by atoms with van der Waals surface area (Å²) >= 11 is 3.44. The summed E-state index contributed by atoms with van der Waals surface area (Å²) in [6, 6.07) is 16.7. The van der Waals surface area contributed by atoms with Crippen LogP contribution in [0.5, 0.6) is 11.5 Å². The molecule has 0 aromatic heterocycles. The van der Waals surface area contributed by atoms with Gasteiger partial charge in [0.05, 0.1) is 24.3 Å². The van der Waals surface area contributed by atoms with Crippen LogP contribution >= 0.6 is 15.9 Å². The third-order valence-electron chi connectivity index (χ3n) is 4.63. The molecule has 0 saturated carbocycles. The number of carboxylic acids is 1. The molecule has 0 radical (unpaired) electrons. The van der Waals surface area contributed by atoms with Crippen molar-refractivity contribution in [3.8, 4) is 17.6 Å². The van der Waals surface area contributed by atoms with Crippen LogP contribution in [-0.4, -0.2) is 30.7 Å². The Kier molecular flexibility index (Phi) is 8.01. The number of benzene rings is 3. The van der Waals surface area contributed by atoms with Crippen molar-refractivity contribution in [2.24, 2.45) is 0 Å². The smallest absolute Gasteiger partial charge is 0.335 e. The molecule has 0 atom stereocenters. The zero-order valence-electron chi connectivity index (χ0n) is 17.8. The molecule has 0 saturated heterocycles. The maximum atomic E-state index is 13.0. The summed E-state index contributed by atoms with van der Waals surface area (Å²) in [4.78, 5) is 23.2. The van der Waals surface area contributed by atoms with E-state index >= 15 is 0 Å². The van der Waals surface area contributed by atoms with Gasteiger partial charge in [-0.25, -0.2) is 9.18 Å². The normalized spacial score (nSPS) is 10.8. The molecule has 3 rings (SSSR count). The Morgan fingerprint density at radius 1 is 1.09 bits per heavy atom. The third kappa shape index (κ3) is 6.21. The number of nitriles is 1. The van der Waals surface area contributed by atoms with Gasteiger partial charge in [0.2, 0.25) is 0 Å². The van der Waals surface area contributed by atoms with Crippen LogP contribution in [0, 0.1) is 17.1 Å². The first-order valence-electron chi connectivity index (χ1n) is 9.82. The summed E-state index contributed by atoms with van der Waals surface area (Å²) in [5, 5.41) is 21.2. The average molecular weight is 525 g/mol. The van der Waals surface area contributed by atoms with Crippen molar-refractivity contribution in [3.05, 3.63) is 87.6 Å². The van der Waals surface area contributed by atoms with Crippen molar-refractivity contribution in [1.82, 2.24) is 0 Å². The van der Waals surface area contributed by atoms with E-state index in [2.05, 4.69) is 27.3 Å². The van der Waals surface area contributed by atoms with E-state index in [1.165, 1.54) is 43.5 Å². The van der Waals surface area contributed by atoms with Gasteiger partial charge in [0.25, 0.3) is 5.91 Å². The number of halogens is 2. The lowest BCUT2D eigenvalue weighted by molar-refractivity contribution is -0.118. The molecule has 0 bridgehead atoms. The number of carbonyl (C=O) groups is 2. The Labute approximate surface area is 203 Å². The Hall–Kier alpha value is -4.16. The van der Waals surface area contributed by atoms with Crippen molar-refractivity contribution >= 4 is 45.1 Å². The first-order valence-corrected chi connectivity index (χ1v) is 10.6. The molecular weight excluding hydrogens is 507 g/mol. The lowest BCUT2D eigenvalue weighted by Gasteiger charge is -2.13. The number of allylic oxidation sites excluding steroid dienone is 1. The summed E-state index contributed by atoms with van der Waals surface area (Å²) in [5.41, 5.74) is 2.03. The van der Waals surface area contributed by atoms with Crippen molar-refractivity contribution in [2.45, 2.75) is 0 Å². The van der Waals surface area contributed by atoms with Crippen LogP contribution in [-0.2, 0) is 4.79 Å². The molecule has 9 heteroatoms. The van der Waals surface area contributed by atoms with Gasteiger partial charge in [-0.15, -0.1) is 0 Å². The number of nitrogens with one attached hydrogen (secondary N) is 1. The molecule has 0 aliphatic rings. The van der Waals surface area contributed by atoms with E-state index in [9.17, 15) is 19.2 Å². The Morgan fingerprint density at radius 3 is 2.32 bits per heavy atom. The number of nitrogens with zero attached hydrogens (tertiary/aromatic N) is 1. The van der Waals surface area contributed by atoms with E-state index in [0.717, 1.165) is 0 Å². The van der Waals surface area contributed by atoms with Crippen LogP contribution in [0.2, 0.25) is 0 Å². The molecule has 0 heterocycles. The van der Waals surface area contributed by atoms with Crippen LogP contribution in [0.4, 0.5) is 10.1 Å². The van der Waals surface area contributed by atoms with Crippen LogP contribution in [0.3, 0.4) is 0 Å². The molecule has 1 amide bonds. The highest BCUT2D eigenvalue weighted by Gasteiger charge is 2.13. The third-order valence-corrected chi connectivity index (χ3v) is 5.32. The summed E-state index contributed by atoms with van der Waals surface area (Å²) in [6.45, 7) is -0.311. The molecule has 172 valence electrons. The van der Waals surface area contributed by atoms with Crippen molar-refractivity contribution in [1.29, 1.82) is 5.26 Å². The monoisotopic (exact) mass is 524 g/mol. The van der Waals surface area contributed by atoms with Crippen molar-refractivity contribution < 1.29 is 28.6 Å². The van der Waals surface area contributed by atoms with Crippen molar-refractivity contribution in [3.63, 3.8) is 0 Å². The molecule has 0 unspecified atom stereocenters. The highest BCUT2D eigenvalue weighted by atomic mass is 79.9. The average Bonchev–Trinajstić information content (AvgIpc) is 2.83. The minimum absolute atomic E-state index is 0.119. The second-order valence-corrected chi connectivity index (χ2v) is 7.77. The Balaban J connectivity index is 1.78. The molecular formula is C25H18BrFN2O5. The van der Waals surface area contributed by atoms with E-state index in [1.807, 2.05) is 0 Å². The lowest BCUT2D eigenvalue weighted by Crippen LogP contribution is -2.20. The molecule has 34 heavy (non-hydrogen) atoms. The van der Waals surface area contributed by atoms with E-state index in [1.54, 1.807) is 30.3 Å². The lowest BCUT2D eigenvalue weighted by atomic mass is 10.0. The molecule has 0 spiro atoms. The highest BCUT2D eigenvalue weighted by Crippen LogP contribution is 2.35. The maximum Gasteiger partial charge on any atom is 0.335 e. The number of ether oxygens (including phenoxy) is 2. The van der Waals surface area contributed by atoms with Gasteiger partial charge in [-0.3, -0.25) is 4.79 Å². The zero-order valence-corrected chi connectivity index (χ0v) is 19.4. The fourth-order valence-corrected chi connectivity index (χ4v) is 3.37. The number of hydrogen-bond acceptors (Lipinski definition) is 5. The SMILES string of the molecule is COc1cc(/C=C(/C#N)c2ccc(C(=O)O)cc2)c(Br)cc1OCC(=O)Nc1ccc(F)cc1. The number of rotatable bonds is 8. The maximum absolute atomic E-state index is 13.0. The van der Waals surface area contributed by atoms with Crippen LogP contribution < -0.4 is 14.8 Å². The fraction of sp³-hybridized carbons (Fsp3) is 0.0800. The number of carboxylic acid groups (broad SMARTS) is 1. The largest absolute Gasteiger partial charge is 0.493 e. The quantitative estimate of drug-likeness (QED) is 0.302. The van der Waals surface area contributed by atoms with Crippen molar-refractivity contribution in [2.75, 3.05) is 19.0 Å². The van der Waals surface area contributed by atoms with Gasteiger partial charge in [-0.05, 0) is 65.7 Å². The number of methoxy groups -OCH3 is 1. The van der Waals surface area contributed by atoms with E-state index in [0.29, 0.717) is 38.4 Å². The minimum Gasteiger partial charge on any atom is -0.493 e. The minimum atomic E-state index is -1.05. The van der Waals surface area contributed by atoms with Gasteiger partial charge in [-0.1, -0.05) is 28.1 Å². The van der Waals surface area contributed by atoms with E-state index in [4.69, 9.17) is 14.6 Å². The number of amides is 1. The number of aromatic carboxylic acids is 1. The van der Waals surface area contributed by atoms with E-state index < -0.39 is 17.7 Å². The standard InChI is InChI=1S/C25H18BrFN2O5/c1-33-22-11-17(10-18(13-28)15-2-4-16(5-3-15)25(31)32)21(26)12-23(22)34-14-24(30)29-20-8-6-19(27)7-9-20/h2-12H,14H2,1H3,(H,29,30)(H,31,32)/b18-10-. The summed E-state index contributed by atoms with van der Waals surface area (Å²) < 4.78 is 24.5. The topological polar surface area (TPSA) is 109 Å². The second kappa shape index (κ2) is 11.1. The molecule has 3 aromatic carbocycles. The van der Waals surface area contributed by atoms with Crippen LogP contribution in [0.25, 0.3) is 11.6 Å². The number of hydrogen-bond donors (Lipinski definition) is 2. The van der Waals surface area contributed by atoms with Gasteiger partial charge < -0.3 is 19.9 Å². The second-order valence-electron chi connectivity index (χ2n) is 6.92. The van der Waals surface area contributed by atoms with E-state index in [-0.39, 0.29) is 12.2 Å². The molecule has 7 nitrogen and oxygen atoms in total. The Bertz CT molecular complexity index is 1280. The summed E-state index contributed by atoms with van der Waals surface area (Å²) in [6.07, 6.45) is 1.62. The zero-order chi connectivity index (χ0) is 24.7. The molecule has 0 fully saturated rings.